The average Bonchev–Trinajstić information content (AvgIpc) is 2.70. The zero-order valence-electron chi connectivity index (χ0n) is 16.7. The van der Waals surface area contributed by atoms with E-state index in [1.54, 1.807) is 6.92 Å². The van der Waals surface area contributed by atoms with E-state index in [1.807, 2.05) is 30.3 Å². The van der Waals surface area contributed by atoms with E-state index >= 15 is 0 Å². The van der Waals surface area contributed by atoms with Gasteiger partial charge in [0.1, 0.15) is 6.61 Å². The van der Waals surface area contributed by atoms with E-state index in [0.29, 0.717) is 71.6 Å². The predicted molar refractivity (Wildman–Crippen MR) is 105 cm³/mol. The zero-order valence-corrected chi connectivity index (χ0v) is 16.7. The van der Waals surface area contributed by atoms with Crippen molar-refractivity contribution in [2.45, 2.75) is 13.5 Å². The van der Waals surface area contributed by atoms with Crippen LogP contribution in [0, 0.1) is 0 Å². The molecule has 0 saturated heterocycles. The normalized spacial score (nSPS) is 10.8. The van der Waals surface area contributed by atoms with Crippen molar-refractivity contribution in [2.75, 3.05) is 66.1 Å². The van der Waals surface area contributed by atoms with Gasteiger partial charge in [-0.3, -0.25) is 0 Å². The van der Waals surface area contributed by atoms with Crippen LogP contribution in [0.2, 0.25) is 0 Å². The van der Waals surface area contributed by atoms with Gasteiger partial charge in [-0.1, -0.05) is 36.9 Å². The molecule has 0 heterocycles. The fourth-order valence-corrected chi connectivity index (χ4v) is 1.96. The number of hydrogen-bond acceptors (Lipinski definition) is 7. The summed E-state index contributed by atoms with van der Waals surface area (Å²) in [6.45, 7) is 10.3. The lowest BCUT2D eigenvalue weighted by molar-refractivity contribution is -0.140. The van der Waals surface area contributed by atoms with Crippen molar-refractivity contribution in [3.63, 3.8) is 0 Å². The minimum atomic E-state index is -0.402. The first-order valence-corrected chi connectivity index (χ1v) is 9.45. The summed E-state index contributed by atoms with van der Waals surface area (Å²) >= 11 is 0. The van der Waals surface area contributed by atoms with Gasteiger partial charge in [0, 0.05) is 5.57 Å². The van der Waals surface area contributed by atoms with Gasteiger partial charge in [0.2, 0.25) is 0 Å². The Morgan fingerprint density at radius 1 is 0.714 bits per heavy atom. The van der Waals surface area contributed by atoms with Gasteiger partial charge >= 0.3 is 5.97 Å². The second kappa shape index (κ2) is 17.3. The second-order valence-electron chi connectivity index (χ2n) is 5.90. The minimum Gasteiger partial charge on any atom is -0.460 e. The van der Waals surface area contributed by atoms with Gasteiger partial charge < -0.3 is 28.4 Å². The van der Waals surface area contributed by atoms with Gasteiger partial charge in [-0.05, 0) is 12.5 Å². The first-order valence-electron chi connectivity index (χ1n) is 9.45. The molecule has 0 saturated carbocycles. The van der Waals surface area contributed by atoms with Crippen LogP contribution in [0.25, 0.3) is 0 Å². The predicted octanol–water partition coefficient (Wildman–Crippen LogP) is 2.39. The standard InChI is InChI=1S/C21H32O7/c1-19(2)21(22)28-17-16-26-13-12-24-9-8-23-10-11-25-14-15-27-18-20-6-4-3-5-7-20/h3-7H,1,8-18H2,2H3. The summed E-state index contributed by atoms with van der Waals surface area (Å²) in [6, 6.07) is 10.0. The fourth-order valence-electron chi connectivity index (χ4n) is 1.96. The molecular weight excluding hydrogens is 364 g/mol. The number of hydrogen-bond donors (Lipinski definition) is 0. The Morgan fingerprint density at radius 2 is 1.14 bits per heavy atom. The molecule has 158 valence electrons. The molecule has 0 atom stereocenters. The summed E-state index contributed by atoms with van der Waals surface area (Å²) in [5.74, 6) is -0.402. The zero-order chi connectivity index (χ0) is 20.3. The fraction of sp³-hybridized carbons (Fsp3) is 0.571. The molecule has 1 aromatic carbocycles. The molecule has 0 N–H and O–H groups in total. The van der Waals surface area contributed by atoms with Crippen molar-refractivity contribution >= 4 is 5.97 Å². The Labute approximate surface area is 167 Å². The van der Waals surface area contributed by atoms with Crippen LogP contribution >= 0.6 is 0 Å². The van der Waals surface area contributed by atoms with Crippen LogP contribution in [-0.4, -0.2) is 72.0 Å². The van der Waals surface area contributed by atoms with Crippen LogP contribution in [0.5, 0.6) is 0 Å². The molecule has 1 aromatic rings. The van der Waals surface area contributed by atoms with Crippen molar-refractivity contribution in [1.29, 1.82) is 0 Å². The van der Waals surface area contributed by atoms with Gasteiger partial charge in [-0.2, -0.15) is 0 Å². The number of carbonyl (C=O) groups is 1. The molecule has 0 unspecified atom stereocenters. The van der Waals surface area contributed by atoms with Crippen molar-refractivity contribution in [3.05, 3.63) is 48.0 Å². The topological polar surface area (TPSA) is 72.5 Å². The summed E-state index contributed by atoms with van der Waals surface area (Å²) in [5, 5.41) is 0. The maximum Gasteiger partial charge on any atom is 0.333 e. The lowest BCUT2D eigenvalue weighted by Gasteiger charge is -2.08. The smallest absolute Gasteiger partial charge is 0.333 e. The highest BCUT2D eigenvalue weighted by Crippen LogP contribution is 2.00. The summed E-state index contributed by atoms with van der Waals surface area (Å²) in [7, 11) is 0. The molecular formula is C21H32O7. The third kappa shape index (κ3) is 14.3. The van der Waals surface area contributed by atoms with Crippen molar-refractivity contribution < 1.29 is 33.2 Å². The number of ether oxygens (including phenoxy) is 6. The number of esters is 1. The summed E-state index contributed by atoms with van der Waals surface area (Å²) in [4.78, 5) is 11.1. The highest BCUT2D eigenvalue weighted by molar-refractivity contribution is 5.86. The Morgan fingerprint density at radius 3 is 1.61 bits per heavy atom. The van der Waals surface area contributed by atoms with E-state index in [0.717, 1.165) is 5.56 Å². The van der Waals surface area contributed by atoms with Gasteiger partial charge in [-0.15, -0.1) is 0 Å². The van der Waals surface area contributed by atoms with Crippen LogP contribution in [0.1, 0.15) is 12.5 Å². The molecule has 0 fully saturated rings. The first kappa shape index (κ1) is 24.3. The molecule has 7 heteroatoms. The molecule has 0 aliphatic heterocycles. The van der Waals surface area contributed by atoms with Crippen LogP contribution in [0.4, 0.5) is 0 Å². The highest BCUT2D eigenvalue weighted by Gasteiger charge is 2.01. The van der Waals surface area contributed by atoms with Crippen LogP contribution < -0.4 is 0 Å². The monoisotopic (exact) mass is 396 g/mol. The summed E-state index contributed by atoms with van der Waals surface area (Å²) in [6.07, 6.45) is 0. The quantitative estimate of drug-likeness (QED) is 0.214. The maximum absolute atomic E-state index is 11.1. The Bertz CT molecular complexity index is 519. The lowest BCUT2D eigenvalue weighted by atomic mass is 10.2. The molecule has 1 rings (SSSR count). The Balaban J connectivity index is 1.72. The van der Waals surface area contributed by atoms with E-state index in [4.69, 9.17) is 28.4 Å². The molecule has 0 bridgehead atoms. The van der Waals surface area contributed by atoms with Gasteiger partial charge in [0.05, 0.1) is 66.1 Å². The maximum atomic E-state index is 11.1. The van der Waals surface area contributed by atoms with Crippen molar-refractivity contribution in [2.24, 2.45) is 0 Å². The molecule has 0 radical (unpaired) electrons. The van der Waals surface area contributed by atoms with Crippen LogP contribution in [0.3, 0.4) is 0 Å². The molecule has 7 nitrogen and oxygen atoms in total. The summed E-state index contributed by atoms with van der Waals surface area (Å²) < 4.78 is 31.9. The summed E-state index contributed by atoms with van der Waals surface area (Å²) in [5.41, 5.74) is 1.53. The van der Waals surface area contributed by atoms with Crippen LogP contribution in [-0.2, 0) is 39.8 Å². The third-order valence-corrected chi connectivity index (χ3v) is 3.41. The molecule has 28 heavy (non-hydrogen) atoms. The van der Waals surface area contributed by atoms with E-state index in [2.05, 4.69) is 6.58 Å². The average molecular weight is 396 g/mol. The number of rotatable bonds is 18. The molecule has 0 amide bonds. The van der Waals surface area contributed by atoms with E-state index in [-0.39, 0.29) is 6.61 Å². The van der Waals surface area contributed by atoms with Crippen molar-refractivity contribution in [3.8, 4) is 0 Å². The van der Waals surface area contributed by atoms with Gasteiger partial charge in [0.25, 0.3) is 0 Å². The van der Waals surface area contributed by atoms with E-state index in [1.165, 1.54) is 0 Å². The first-order chi connectivity index (χ1) is 13.7. The van der Waals surface area contributed by atoms with E-state index in [9.17, 15) is 4.79 Å². The van der Waals surface area contributed by atoms with E-state index < -0.39 is 5.97 Å². The molecule has 0 aliphatic rings. The van der Waals surface area contributed by atoms with Gasteiger partial charge in [0.15, 0.2) is 0 Å². The minimum absolute atomic E-state index is 0.214. The number of benzene rings is 1. The van der Waals surface area contributed by atoms with Crippen LogP contribution in [0.15, 0.2) is 42.5 Å². The molecule has 0 spiro atoms. The number of carbonyl (C=O) groups excluding carboxylic acids is 1. The SMILES string of the molecule is C=C(C)C(=O)OCCOCCOCCOCCOCCOCc1ccccc1. The molecule has 0 aliphatic carbocycles. The second-order valence-corrected chi connectivity index (χ2v) is 5.90. The lowest BCUT2D eigenvalue weighted by Crippen LogP contribution is -2.15. The van der Waals surface area contributed by atoms with Crippen molar-refractivity contribution in [1.82, 2.24) is 0 Å². The largest absolute Gasteiger partial charge is 0.460 e. The third-order valence-electron chi connectivity index (χ3n) is 3.41. The molecule has 0 aromatic heterocycles. The highest BCUT2D eigenvalue weighted by atomic mass is 16.6. The Kier molecular flexibility index (Phi) is 15.0. The Hall–Kier alpha value is -1.77. The van der Waals surface area contributed by atoms with Gasteiger partial charge in [-0.25, -0.2) is 4.79 Å².